The molecule has 3 aromatic carbocycles. The molecule has 0 saturated heterocycles. The topological polar surface area (TPSA) is 123 Å². The van der Waals surface area contributed by atoms with Gasteiger partial charge in [0.1, 0.15) is 11.5 Å². The number of hydrogen-bond acceptors (Lipinski definition) is 8. The highest BCUT2D eigenvalue weighted by Gasteiger charge is 2.34. The first-order valence-corrected chi connectivity index (χ1v) is 12.8. The molecule has 4 N–H and O–H groups in total. The zero-order valence-electron chi connectivity index (χ0n) is 22.2. The second-order valence-electron chi connectivity index (χ2n) is 8.84. The number of hydrogen-bond donors (Lipinski definition) is 2. The van der Waals surface area contributed by atoms with Crippen molar-refractivity contribution in [2.45, 2.75) is 25.4 Å². The highest BCUT2D eigenvalue weighted by molar-refractivity contribution is 5.91. The molecule has 0 aliphatic carbocycles. The Hall–Kier alpha value is -4.67. The maximum Gasteiger partial charge on any atom is 0.426 e. The third-order valence-electron chi connectivity index (χ3n) is 5.50. The molecule has 3 rings (SSSR count). The van der Waals surface area contributed by atoms with E-state index in [1.54, 1.807) is 0 Å². The molecule has 0 radical (unpaired) electrons. The van der Waals surface area contributed by atoms with Gasteiger partial charge in [-0.2, -0.15) is 8.78 Å². The van der Waals surface area contributed by atoms with Gasteiger partial charge in [0.2, 0.25) is 0 Å². The van der Waals surface area contributed by atoms with E-state index in [0.717, 1.165) is 0 Å². The molecule has 0 aliphatic heterocycles. The van der Waals surface area contributed by atoms with E-state index in [1.165, 1.54) is 78.9 Å². The molecule has 218 valence electrons. The van der Waals surface area contributed by atoms with Gasteiger partial charge in [0, 0.05) is 23.9 Å². The Morgan fingerprint density at radius 1 is 0.780 bits per heavy atom. The Morgan fingerprint density at radius 2 is 1.39 bits per heavy atom. The van der Waals surface area contributed by atoms with Crippen LogP contribution in [0.1, 0.15) is 40.7 Å². The molecular formula is C30H31F3N2O6. The predicted molar refractivity (Wildman–Crippen MR) is 148 cm³/mol. The number of halogens is 3. The number of esters is 2. The van der Waals surface area contributed by atoms with Gasteiger partial charge < -0.3 is 30.4 Å². The molecule has 0 atom stereocenters. The summed E-state index contributed by atoms with van der Waals surface area (Å²) in [6.45, 7) is -0.105. The third kappa shape index (κ3) is 10.4. The van der Waals surface area contributed by atoms with Gasteiger partial charge in [0.05, 0.1) is 37.6 Å². The fourth-order valence-electron chi connectivity index (χ4n) is 3.48. The summed E-state index contributed by atoms with van der Waals surface area (Å²) in [7, 11) is 0. The minimum Gasteiger partial charge on any atom is -0.494 e. The Balaban J connectivity index is 1.36. The van der Waals surface area contributed by atoms with E-state index < -0.39 is 24.7 Å². The van der Waals surface area contributed by atoms with Crippen molar-refractivity contribution < 1.29 is 41.7 Å². The van der Waals surface area contributed by atoms with E-state index >= 15 is 0 Å². The Kier molecular flexibility index (Phi) is 11.4. The largest absolute Gasteiger partial charge is 0.494 e. The normalized spacial score (nSPS) is 11.3. The maximum atomic E-state index is 14.6. The van der Waals surface area contributed by atoms with Crippen LogP contribution >= 0.6 is 0 Å². The van der Waals surface area contributed by atoms with E-state index in [0.29, 0.717) is 35.5 Å². The summed E-state index contributed by atoms with van der Waals surface area (Å²) < 4.78 is 61.6. The SMILES string of the molecule is Nc1cc(N)cc(C(=O)OCCCCOC(=O)/C=C/c2ccc(OC(F)(F)c3ccc(OCCCF)cc3)cc2)c1. The highest BCUT2D eigenvalue weighted by Crippen LogP contribution is 2.32. The molecule has 0 spiro atoms. The van der Waals surface area contributed by atoms with E-state index in [1.807, 2.05) is 0 Å². The molecule has 0 unspecified atom stereocenters. The smallest absolute Gasteiger partial charge is 0.426 e. The number of benzene rings is 3. The number of anilines is 2. The van der Waals surface area contributed by atoms with E-state index in [-0.39, 0.29) is 43.1 Å². The minimum absolute atomic E-state index is 0.0714. The monoisotopic (exact) mass is 572 g/mol. The van der Waals surface area contributed by atoms with Crippen molar-refractivity contribution in [1.29, 1.82) is 0 Å². The van der Waals surface area contributed by atoms with Crippen LogP contribution in [0.5, 0.6) is 11.5 Å². The fraction of sp³-hybridized carbons (Fsp3) is 0.267. The lowest BCUT2D eigenvalue weighted by Gasteiger charge is -2.18. The lowest BCUT2D eigenvalue weighted by Crippen LogP contribution is -2.21. The van der Waals surface area contributed by atoms with Crippen LogP contribution in [0, 0.1) is 0 Å². The molecule has 11 heteroatoms. The highest BCUT2D eigenvalue weighted by atomic mass is 19.3. The summed E-state index contributed by atoms with van der Waals surface area (Å²) in [5.41, 5.74) is 12.5. The molecule has 0 saturated carbocycles. The van der Waals surface area contributed by atoms with Crippen LogP contribution < -0.4 is 20.9 Å². The molecule has 0 aliphatic rings. The van der Waals surface area contributed by atoms with Gasteiger partial charge in [-0.3, -0.25) is 4.39 Å². The van der Waals surface area contributed by atoms with Crippen molar-refractivity contribution in [3.63, 3.8) is 0 Å². The van der Waals surface area contributed by atoms with Crippen LogP contribution in [-0.2, 0) is 20.4 Å². The molecule has 3 aromatic rings. The second kappa shape index (κ2) is 15.2. The molecule has 0 fully saturated rings. The number of nitrogens with two attached hydrogens (primary N) is 2. The summed E-state index contributed by atoms with van der Waals surface area (Å²) in [6.07, 6.45) is 0.265. The van der Waals surface area contributed by atoms with Gasteiger partial charge in [-0.1, -0.05) is 12.1 Å². The van der Waals surface area contributed by atoms with Gasteiger partial charge in [-0.15, -0.1) is 0 Å². The van der Waals surface area contributed by atoms with Gasteiger partial charge in [0.15, 0.2) is 0 Å². The van der Waals surface area contributed by atoms with Crippen molar-refractivity contribution in [3.05, 3.63) is 89.5 Å². The van der Waals surface area contributed by atoms with Crippen LogP contribution in [0.15, 0.2) is 72.8 Å². The maximum absolute atomic E-state index is 14.6. The van der Waals surface area contributed by atoms with Gasteiger partial charge >= 0.3 is 18.0 Å². The predicted octanol–water partition coefficient (Wildman–Crippen LogP) is 5.91. The zero-order valence-corrected chi connectivity index (χ0v) is 22.2. The van der Waals surface area contributed by atoms with Crippen LogP contribution in [0.3, 0.4) is 0 Å². The summed E-state index contributed by atoms with van der Waals surface area (Å²) in [6, 6.07) is 15.3. The molecular weight excluding hydrogens is 541 g/mol. The number of carbonyl (C=O) groups is 2. The Labute approximate surface area is 235 Å². The van der Waals surface area contributed by atoms with Gasteiger partial charge in [0.25, 0.3) is 0 Å². The third-order valence-corrected chi connectivity index (χ3v) is 5.50. The summed E-state index contributed by atoms with van der Waals surface area (Å²) in [5.74, 6) is -0.843. The molecule has 0 amide bonds. The number of rotatable bonds is 15. The van der Waals surface area contributed by atoms with E-state index in [2.05, 4.69) is 0 Å². The lowest BCUT2D eigenvalue weighted by molar-refractivity contribution is -0.185. The number of carbonyl (C=O) groups excluding carboxylic acids is 2. The Bertz CT molecular complexity index is 1290. The average Bonchev–Trinajstić information content (AvgIpc) is 2.94. The average molecular weight is 573 g/mol. The molecule has 0 heterocycles. The van der Waals surface area contributed by atoms with Crippen LogP contribution in [0.2, 0.25) is 0 Å². The van der Waals surface area contributed by atoms with Gasteiger partial charge in [-0.05, 0) is 79.1 Å². The van der Waals surface area contributed by atoms with Crippen LogP contribution in [-0.4, -0.2) is 38.4 Å². The van der Waals surface area contributed by atoms with Crippen LogP contribution in [0.4, 0.5) is 24.5 Å². The van der Waals surface area contributed by atoms with E-state index in [4.69, 9.17) is 30.4 Å². The van der Waals surface area contributed by atoms with Crippen LogP contribution in [0.25, 0.3) is 6.08 Å². The fourth-order valence-corrected chi connectivity index (χ4v) is 3.48. The number of alkyl halides is 3. The van der Waals surface area contributed by atoms with E-state index in [9.17, 15) is 22.8 Å². The van der Waals surface area contributed by atoms with Crippen molar-refractivity contribution in [2.75, 3.05) is 38.0 Å². The first-order chi connectivity index (χ1) is 19.7. The first-order valence-electron chi connectivity index (χ1n) is 12.8. The molecule has 0 aromatic heterocycles. The zero-order chi connectivity index (χ0) is 29.7. The molecule has 41 heavy (non-hydrogen) atoms. The number of unbranched alkanes of at least 4 members (excludes halogenated alkanes) is 1. The standard InChI is InChI=1S/C30H31F3N2O6/c31-14-3-17-38-26-11-7-23(8-12-26)30(32,33)41-27-9-4-21(5-10-27)6-13-28(36)39-15-1-2-16-40-29(37)22-18-24(34)20-25(35)19-22/h4-13,18-20H,1-3,14-17,34-35H2/b13-6+. The summed E-state index contributed by atoms with van der Waals surface area (Å²) in [4.78, 5) is 24.0. The van der Waals surface area contributed by atoms with Crippen molar-refractivity contribution in [2.24, 2.45) is 0 Å². The second-order valence-corrected chi connectivity index (χ2v) is 8.84. The molecule has 8 nitrogen and oxygen atoms in total. The molecule has 0 bridgehead atoms. The van der Waals surface area contributed by atoms with Gasteiger partial charge in [-0.25, -0.2) is 9.59 Å². The lowest BCUT2D eigenvalue weighted by atomic mass is 10.2. The summed E-state index contributed by atoms with van der Waals surface area (Å²) >= 11 is 0. The summed E-state index contributed by atoms with van der Waals surface area (Å²) in [5, 5.41) is 0. The minimum atomic E-state index is -3.60. The van der Waals surface area contributed by atoms with Crippen molar-refractivity contribution in [3.8, 4) is 11.5 Å². The number of nitrogen functional groups attached to an aromatic ring is 2. The number of ether oxygens (including phenoxy) is 4. The van der Waals surface area contributed by atoms with Crippen molar-refractivity contribution in [1.82, 2.24) is 0 Å². The Morgan fingerprint density at radius 3 is 2.02 bits per heavy atom. The van der Waals surface area contributed by atoms with Crippen molar-refractivity contribution >= 4 is 29.4 Å². The quantitative estimate of drug-likeness (QED) is 0.0997. The first kappa shape index (κ1) is 30.9.